The molecule has 1 aliphatic heterocycles. The minimum atomic E-state index is 0.834. The minimum absolute atomic E-state index is 0.834. The first-order valence-corrected chi connectivity index (χ1v) is 7.20. The minimum Gasteiger partial charge on any atom is -0.497 e. The van der Waals surface area contributed by atoms with Gasteiger partial charge in [0.2, 0.25) is 5.95 Å². The van der Waals surface area contributed by atoms with Crippen molar-refractivity contribution in [1.82, 2.24) is 9.97 Å². The predicted octanol–water partition coefficient (Wildman–Crippen LogP) is 2.12. The molecule has 0 radical (unpaired) electrons. The molecule has 1 aromatic heterocycles. The first-order chi connectivity index (χ1) is 10.3. The molecule has 1 saturated heterocycles. The van der Waals surface area contributed by atoms with Crippen LogP contribution in [0.25, 0.3) is 0 Å². The van der Waals surface area contributed by atoms with E-state index in [0.717, 1.165) is 43.6 Å². The summed E-state index contributed by atoms with van der Waals surface area (Å²) >= 11 is 0. The molecule has 1 aliphatic rings. The van der Waals surface area contributed by atoms with Gasteiger partial charge in [0, 0.05) is 49.8 Å². The summed E-state index contributed by atoms with van der Waals surface area (Å²) in [6.07, 6.45) is 1.83. The summed E-state index contributed by atoms with van der Waals surface area (Å²) in [5, 5.41) is 0. The van der Waals surface area contributed by atoms with Gasteiger partial charge in [-0.25, -0.2) is 9.97 Å². The van der Waals surface area contributed by atoms with Crippen LogP contribution in [0.3, 0.4) is 0 Å². The smallest absolute Gasteiger partial charge is 0.225 e. The number of piperazine rings is 1. The largest absolute Gasteiger partial charge is 0.497 e. The third-order valence-corrected chi connectivity index (χ3v) is 3.76. The van der Waals surface area contributed by atoms with Crippen molar-refractivity contribution in [3.8, 4) is 5.75 Å². The molecular formula is C16H20N4O. The number of nitrogens with zero attached hydrogens (tertiary/aromatic N) is 4. The van der Waals surface area contributed by atoms with Crippen LogP contribution in [0.2, 0.25) is 0 Å². The predicted molar refractivity (Wildman–Crippen MR) is 84.2 cm³/mol. The van der Waals surface area contributed by atoms with Gasteiger partial charge in [-0.3, -0.25) is 0 Å². The number of anilines is 2. The molecule has 1 aromatic carbocycles. The first kappa shape index (κ1) is 13.7. The lowest BCUT2D eigenvalue weighted by molar-refractivity contribution is 0.414. The van der Waals surface area contributed by atoms with Crippen LogP contribution in [0.5, 0.6) is 5.75 Å². The monoisotopic (exact) mass is 284 g/mol. The molecule has 0 amide bonds. The summed E-state index contributed by atoms with van der Waals surface area (Å²) in [7, 11) is 1.70. The summed E-state index contributed by atoms with van der Waals surface area (Å²) < 4.78 is 5.29. The molecular weight excluding hydrogens is 264 g/mol. The number of hydrogen-bond acceptors (Lipinski definition) is 5. The Labute approximate surface area is 125 Å². The van der Waals surface area contributed by atoms with Crippen molar-refractivity contribution >= 4 is 11.6 Å². The number of aromatic nitrogens is 2. The number of hydrogen-bond donors (Lipinski definition) is 0. The second-order valence-corrected chi connectivity index (χ2v) is 5.17. The Bertz CT molecular complexity index is 609. The Morgan fingerprint density at radius 3 is 2.52 bits per heavy atom. The zero-order valence-corrected chi connectivity index (χ0v) is 12.5. The van der Waals surface area contributed by atoms with Crippen molar-refractivity contribution in [2.24, 2.45) is 0 Å². The van der Waals surface area contributed by atoms with E-state index in [1.807, 2.05) is 31.3 Å². The molecule has 0 bridgehead atoms. The van der Waals surface area contributed by atoms with E-state index in [2.05, 4.69) is 31.9 Å². The highest BCUT2D eigenvalue weighted by molar-refractivity contribution is 5.52. The van der Waals surface area contributed by atoms with Crippen LogP contribution >= 0.6 is 0 Å². The van der Waals surface area contributed by atoms with Crippen molar-refractivity contribution in [3.63, 3.8) is 0 Å². The van der Waals surface area contributed by atoms with E-state index in [-0.39, 0.29) is 0 Å². The third kappa shape index (κ3) is 3.07. The van der Waals surface area contributed by atoms with Crippen LogP contribution in [0.15, 0.2) is 36.5 Å². The van der Waals surface area contributed by atoms with Crippen molar-refractivity contribution < 1.29 is 4.74 Å². The van der Waals surface area contributed by atoms with E-state index in [1.165, 1.54) is 5.69 Å². The molecule has 0 aliphatic carbocycles. The normalized spacial score (nSPS) is 15.1. The fraction of sp³-hybridized carbons (Fsp3) is 0.375. The Balaban J connectivity index is 1.67. The van der Waals surface area contributed by atoms with Gasteiger partial charge < -0.3 is 14.5 Å². The fourth-order valence-electron chi connectivity index (χ4n) is 2.56. The highest BCUT2D eigenvalue weighted by Crippen LogP contribution is 2.22. The molecule has 0 spiro atoms. The van der Waals surface area contributed by atoms with Crippen molar-refractivity contribution in [1.29, 1.82) is 0 Å². The molecule has 3 rings (SSSR count). The van der Waals surface area contributed by atoms with Crippen LogP contribution in [-0.4, -0.2) is 43.3 Å². The second kappa shape index (κ2) is 5.99. The standard InChI is InChI=1S/C16H20N4O/c1-13-6-7-17-16(18-13)20-10-8-19(9-11-20)14-4-3-5-15(12-14)21-2/h3-7,12H,8-11H2,1-2H3. The summed E-state index contributed by atoms with van der Waals surface area (Å²) in [5.74, 6) is 1.73. The summed E-state index contributed by atoms with van der Waals surface area (Å²) in [5.41, 5.74) is 2.22. The van der Waals surface area contributed by atoms with Crippen molar-refractivity contribution in [2.45, 2.75) is 6.92 Å². The second-order valence-electron chi connectivity index (χ2n) is 5.17. The van der Waals surface area contributed by atoms with Crippen LogP contribution in [0.4, 0.5) is 11.6 Å². The van der Waals surface area contributed by atoms with E-state index in [0.29, 0.717) is 0 Å². The van der Waals surface area contributed by atoms with Gasteiger partial charge in [0.15, 0.2) is 0 Å². The maximum Gasteiger partial charge on any atom is 0.225 e. The summed E-state index contributed by atoms with van der Waals surface area (Å²) in [6, 6.07) is 10.1. The Morgan fingerprint density at radius 1 is 1.05 bits per heavy atom. The molecule has 5 nitrogen and oxygen atoms in total. The van der Waals surface area contributed by atoms with Gasteiger partial charge >= 0.3 is 0 Å². The molecule has 0 unspecified atom stereocenters. The molecule has 1 fully saturated rings. The summed E-state index contributed by atoms with van der Waals surface area (Å²) in [6.45, 7) is 5.79. The number of benzene rings is 1. The lowest BCUT2D eigenvalue weighted by Gasteiger charge is -2.36. The number of ether oxygens (including phenoxy) is 1. The average Bonchev–Trinajstić information content (AvgIpc) is 2.55. The van der Waals surface area contributed by atoms with Crippen LogP contribution in [-0.2, 0) is 0 Å². The first-order valence-electron chi connectivity index (χ1n) is 7.20. The number of rotatable bonds is 3. The van der Waals surface area contributed by atoms with Gasteiger partial charge in [0.1, 0.15) is 5.75 Å². The number of aryl methyl sites for hydroxylation is 1. The molecule has 110 valence electrons. The van der Waals surface area contributed by atoms with E-state index in [1.54, 1.807) is 7.11 Å². The molecule has 2 aromatic rings. The van der Waals surface area contributed by atoms with Gasteiger partial charge in [-0.15, -0.1) is 0 Å². The lowest BCUT2D eigenvalue weighted by Crippen LogP contribution is -2.47. The topological polar surface area (TPSA) is 41.5 Å². The van der Waals surface area contributed by atoms with Gasteiger partial charge in [0.05, 0.1) is 7.11 Å². The van der Waals surface area contributed by atoms with Crippen LogP contribution in [0, 0.1) is 6.92 Å². The van der Waals surface area contributed by atoms with Crippen LogP contribution < -0.4 is 14.5 Å². The molecule has 5 heteroatoms. The average molecular weight is 284 g/mol. The molecule has 0 atom stereocenters. The van der Waals surface area contributed by atoms with E-state index >= 15 is 0 Å². The fourth-order valence-corrected chi connectivity index (χ4v) is 2.56. The zero-order valence-electron chi connectivity index (χ0n) is 12.5. The molecule has 0 saturated carbocycles. The van der Waals surface area contributed by atoms with Gasteiger partial charge in [-0.2, -0.15) is 0 Å². The third-order valence-electron chi connectivity index (χ3n) is 3.76. The zero-order chi connectivity index (χ0) is 14.7. The maximum absolute atomic E-state index is 5.29. The lowest BCUT2D eigenvalue weighted by atomic mass is 10.2. The summed E-state index contributed by atoms with van der Waals surface area (Å²) in [4.78, 5) is 13.5. The van der Waals surface area contributed by atoms with Gasteiger partial charge in [0.25, 0.3) is 0 Å². The highest BCUT2D eigenvalue weighted by atomic mass is 16.5. The van der Waals surface area contributed by atoms with E-state index in [4.69, 9.17) is 4.74 Å². The van der Waals surface area contributed by atoms with E-state index in [9.17, 15) is 0 Å². The molecule has 2 heterocycles. The highest BCUT2D eigenvalue weighted by Gasteiger charge is 2.19. The molecule has 21 heavy (non-hydrogen) atoms. The Hall–Kier alpha value is -2.30. The van der Waals surface area contributed by atoms with Gasteiger partial charge in [-0.1, -0.05) is 6.07 Å². The quantitative estimate of drug-likeness (QED) is 0.863. The van der Waals surface area contributed by atoms with Crippen molar-refractivity contribution in [2.75, 3.05) is 43.1 Å². The Morgan fingerprint density at radius 2 is 1.81 bits per heavy atom. The van der Waals surface area contributed by atoms with Gasteiger partial charge in [-0.05, 0) is 25.1 Å². The SMILES string of the molecule is COc1cccc(N2CCN(c3nccc(C)n3)CC2)c1. The number of methoxy groups -OCH3 is 1. The molecule has 0 N–H and O–H groups in total. The Kier molecular flexibility index (Phi) is 3.90. The van der Waals surface area contributed by atoms with E-state index < -0.39 is 0 Å². The maximum atomic E-state index is 5.29. The van der Waals surface area contributed by atoms with Crippen molar-refractivity contribution in [3.05, 3.63) is 42.2 Å². The van der Waals surface area contributed by atoms with Crippen LogP contribution in [0.1, 0.15) is 5.69 Å².